The molecule has 0 aromatic rings. The Morgan fingerprint density at radius 3 is 2.16 bits per heavy atom. The summed E-state index contributed by atoms with van der Waals surface area (Å²) < 4.78 is 28.6. The molecular weight excluding hydrogens is 270 g/mol. The summed E-state index contributed by atoms with van der Waals surface area (Å²) in [6.07, 6.45) is 1.37. The number of hydrogen-bond donors (Lipinski definition) is 0. The van der Waals surface area contributed by atoms with Gasteiger partial charge in [0, 0.05) is 12.3 Å². The number of amides is 2. The van der Waals surface area contributed by atoms with Crippen LogP contribution in [-0.2, 0) is 24.2 Å². The first-order valence-corrected chi connectivity index (χ1v) is 8.48. The van der Waals surface area contributed by atoms with Crippen molar-refractivity contribution in [3.63, 3.8) is 0 Å². The molecule has 4 atom stereocenters. The Bertz CT molecular complexity index is 500. The summed E-state index contributed by atoms with van der Waals surface area (Å²) >= 11 is 0. The Kier molecular flexibility index (Phi) is 2.94. The molecule has 3 heterocycles. The maximum Gasteiger partial charge on any atom is 0.235 e. The molecule has 0 spiro atoms. The Balaban J connectivity index is 1.75. The van der Waals surface area contributed by atoms with E-state index < -0.39 is 9.84 Å². The van der Waals surface area contributed by atoms with Gasteiger partial charge in [0.25, 0.3) is 0 Å². The lowest BCUT2D eigenvalue weighted by molar-refractivity contribution is -0.142. The fourth-order valence-electron chi connectivity index (χ4n) is 3.37. The van der Waals surface area contributed by atoms with Crippen LogP contribution in [0.25, 0.3) is 0 Å². The van der Waals surface area contributed by atoms with Gasteiger partial charge >= 0.3 is 0 Å². The molecule has 3 fully saturated rings. The van der Waals surface area contributed by atoms with E-state index in [1.807, 2.05) is 0 Å². The lowest BCUT2D eigenvalue weighted by Gasteiger charge is -2.17. The highest BCUT2D eigenvalue weighted by molar-refractivity contribution is 7.91. The molecule has 3 aliphatic heterocycles. The van der Waals surface area contributed by atoms with Crippen LogP contribution in [0.4, 0.5) is 0 Å². The lowest BCUT2D eigenvalue weighted by Crippen LogP contribution is -2.37. The minimum absolute atomic E-state index is 0.0136. The summed E-state index contributed by atoms with van der Waals surface area (Å²) in [7, 11) is -3.17. The van der Waals surface area contributed by atoms with Gasteiger partial charge in [-0.25, -0.2) is 8.42 Å². The first-order valence-electron chi connectivity index (χ1n) is 6.65. The van der Waals surface area contributed by atoms with Crippen LogP contribution in [0.3, 0.4) is 0 Å². The third-order valence-corrected chi connectivity index (χ3v) is 6.13. The van der Waals surface area contributed by atoms with Gasteiger partial charge in [-0.3, -0.25) is 14.5 Å². The van der Waals surface area contributed by atoms with Crippen LogP contribution in [0.2, 0.25) is 0 Å². The van der Waals surface area contributed by atoms with E-state index in [1.54, 1.807) is 6.92 Å². The van der Waals surface area contributed by atoms with E-state index in [2.05, 4.69) is 0 Å². The quantitative estimate of drug-likeness (QED) is 0.656. The average Bonchev–Trinajstić information content (AvgIpc) is 3.03. The number of hydrogen-bond acceptors (Lipinski definition) is 5. The highest BCUT2D eigenvalue weighted by Gasteiger charge is 2.62. The molecule has 2 amide bonds. The first-order chi connectivity index (χ1) is 8.94. The van der Waals surface area contributed by atoms with Crippen LogP contribution in [0, 0.1) is 11.8 Å². The molecule has 0 N–H and O–H groups in total. The summed E-state index contributed by atoms with van der Waals surface area (Å²) in [5.74, 6) is -1.32. The molecule has 3 rings (SSSR count). The van der Waals surface area contributed by atoms with Crippen molar-refractivity contribution >= 4 is 21.7 Å². The van der Waals surface area contributed by atoms with Crippen molar-refractivity contribution in [2.75, 3.05) is 18.1 Å². The van der Waals surface area contributed by atoms with Crippen LogP contribution in [0.15, 0.2) is 0 Å². The zero-order valence-electron chi connectivity index (χ0n) is 10.7. The van der Waals surface area contributed by atoms with E-state index in [1.165, 1.54) is 0 Å². The molecule has 6 nitrogen and oxygen atoms in total. The Labute approximate surface area is 112 Å². The van der Waals surface area contributed by atoms with Crippen molar-refractivity contribution in [3.8, 4) is 0 Å². The number of carbonyl (C=O) groups excluding carboxylic acids is 2. The van der Waals surface area contributed by atoms with Crippen molar-refractivity contribution in [2.45, 2.75) is 32.0 Å². The summed E-state index contributed by atoms with van der Waals surface area (Å²) in [4.78, 5) is 25.6. The molecule has 106 valence electrons. The van der Waals surface area contributed by atoms with Crippen molar-refractivity contribution in [2.24, 2.45) is 11.8 Å². The zero-order chi connectivity index (χ0) is 13.8. The standard InChI is InChI=1S/C12H17NO5S/c1-2-19(16,17)6-5-13-11(14)9-7-3-4-8(18-7)10(9)12(13)15/h7-10H,2-6H2,1H3/t7-,8-,9-,10+/m0/s1. The van der Waals surface area contributed by atoms with Crippen molar-refractivity contribution in [1.82, 2.24) is 4.90 Å². The smallest absolute Gasteiger partial charge is 0.235 e. The molecule has 0 radical (unpaired) electrons. The van der Waals surface area contributed by atoms with Gasteiger partial charge in [0.1, 0.15) is 0 Å². The van der Waals surface area contributed by atoms with Crippen molar-refractivity contribution in [1.29, 1.82) is 0 Å². The second-order valence-electron chi connectivity index (χ2n) is 5.41. The van der Waals surface area contributed by atoms with Gasteiger partial charge in [0.2, 0.25) is 11.8 Å². The molecule has 0 aliphatic carbocycles. The fourth-order valence-corrected chi connectivity index (χ4v) is 4.12. The second kappa shape index (κ2) is 4.28. The molecule has 0 aromatic carbocycles. The van der Waals surface area contributed by atoms with Crippen LogP contribution < -0.4 is 0 Å². The first kappa shape index (κ1) is 13.1. The molecule has 0 aromatic heterocycles. The maximum absolute atomic E-state index is 12.2. The highest BCUT2D eigenvalue weighted by Crippen LogP contribution is 2.48. The van der Waals surface area contributed by atoms with Gasteiger partial charge in [0.15, 0.2) is 9.84 Å². The fraction of sp³-hybridized carbons (Fsp3) is 0.833. The minimum Gasteiger partial charge on any atom is -0.373 e. The number of carbonyl (C=O) groups is 2. The van der Waals surface area contributed by atoms with Gasteiger partial charge in [-0.05, 0) is 12.8 Å². The normalized spacial score (nSPS) is 37.2. The number of nitrogens with zero attached hydrogens (tertiary/aromatic N) is 1. The third kappa shape index (κ3) is 1.90. The number of imide groups is 1. The van der Waals surface area contributed by atoms with Gasteiger partial charge in [0.05, 0.1) is 29.8 Å². The number of sulfone groups is 1. The summed E-state index contributed by atoms with van der Waals surface area (Å²) in [6, 6.07) is 0. The van der Waals surface area contributed by atoms with Crippen LogP contribution in [-0.4, -0.2) is 55.4 Å². The lowest BCUT2D eigenvalue weighted by atomic mass is 9.81. The third-order valence-electron chi connectivity index (χ3n) is 4.44. The molecule has 0 unspecified atom stereocenters. The molecule has 3 aliphatic rings. The Morgan fingerprint density at radius 1 is 1.16 bits per heavy atom. The Morgan fingerprint density at radius 2 is 1.68 bits per heavy atom. The minimum atomic E-state index is -3.17. The summed E-state index contributed by atoms with van der Waals surface area (Å²) in [6.45, 7) is 1.55. The van der Waals surface area contributed by atoms with Gasteiger partial charge in [-0.15, -0.1) is 0 Å². The summed E-state index contributed by atoms with van der Waals surface area (Å²) in [5.41, 5.74) is 0. The molecule has 3 saturated heterocycles. The topological polar surface area (TPSA) is 80.8 Å². The Hall–Kier alpha value is -0.950. The van der Waals surface area contributed by atoms with E-state index in [-0.39, 0.29) is 53.9 Å². The predicted molar refractivity (Wildman–Crippen MR) is 65.9 cm³/mol. The summed E-state index contributed by atoms with van der Waals surface area (Å²) in [5, 5.41) is 0. The van der Waals surface area contributed by atoms with Gasteiger partial charge < -0.3 is 4.74 Å². The van der Waals surface area contributed by atoms with Crippen molar-refractivity contribution < 1.29 is 22.7 Å². The number of likely N-dealkylation sites (tertiary alicyclic amines) is 1. The second-order valence-corrected chi connectivity index (χ2v) is 7.88. The molecular formula is C12H17NO5S. The monoisotopic (exact) mass is 287 g/mol. The highest BCUT2D eigenvalue weighted by atomic mass is 32.2. The number of rotatable bonds is 4. The number of fused-ring (bicyclic) bond motifs is 5. The van der Waals surface area contributed by atoms with E-state index in [0.29, 0.717) is 0 Å². The van der Waals surface area contributed by atoms with Crippen LogP contribution in [0.1, 0.15) is 19.8 Å². The van der Waals surface area contributed by atoms with E-state index >= 15 is 0 Å². The van der Waals surface area contributed by atoms with E-state index in [4.69, 9.17) is 4.74 Å². The molecule has 0 saturated carbocycles. The van der Waals surface area contributed by atoms with E-state index in [9.17, 15) is 18.0 Å². The zero-order valence-corrected chi connectivity index (χ0v) is 11.6. The maximum atomic E-state index is 12.2. The average molecular weight is 287 g/mol. The van der Waals surface area contributed by atoms with Gasteiger partial charge in [-0.2, -0.15) is 0 Å². The molecule has 7 heteroatoms. The molecule has 2 bridgehead atoms. The van der Waals surface area contributed by atoms with Crippen LogP contribution in [0.5, 0.6) is 0 Å². The van der Waals surface area contributed by atoms with Crippen molar-refractivity contribution in [3.05, 3.63) is 0 Å². The van der Waals surface area contributed by atoms with Gasteiger partial charge in [-0.1, -0.05) is 6.92 Å². The largest absolute Gasteiger partial charge is 0.373 e. The molecule has 19 heavy (non-hydrogen) atoms. The number of ether oxygens (including phenoxy) is 1. The predicted octanol–water partition coefficient (Wildman–Crippen LogP) is -0.416. The van der Waals surface area contributed by atoms with E-state index in [0.717, 1.165) is 17.7 Å². The SMILES string of the molecule is CCS(=O)(=O)CCN1C(=O)[C@@H]2[C@H](C1=O)[C@@H]1CC[C@@H]2O1. The van der Waals surface area contributed by atoms with Crippen LogP contribution >= 0.6 is 0 Å².